The van der Waals surface area contributed by atoms with Crippen LogP contribution in [-0.4, -0.2) is 29.2 Å². The van der Waals surface area contributed by atoms with Crippen molar-refractivity contribution in [2.75, 3.05) is 14.2 Å². The molecule has 2 aromatic heterocycles. The monoisotopic (exact) mass is 343 g/mol. The molecule has 0 amide bonds. The molecule has 0 aliphatic rings. The summed E-state index contributed by atoms with van der Waals surface area (Å²) < 4.78 is 16.4. The number of halogens is 1. The predicted octanol–water partition coefficient (Wildman–Crippen LogP) is 4.00. The first-order valence-electron chi connectivity index (χ1n) is 7.04. The molecule has 0 aliphatic carbocycles. The second-order valence-electron chi connectivity index (χ2n) is 4.72. The van der Waals surface area contributed by atoms with Gasteiger partial charge in [0.1, 0.15) is 17.2 Å². The van der Waals surface area contributed by atoms with E-state index in [1.165, 1.54) is 0 Å². The van der Waals surface area contributed by atoms with Crippen LogP contribution in [-0.2, 0) is 0 Å². The summed E-state index contributed by atoms with van der Waals surface area (Å²) in [7, 11) is 3.15. The molecule has 0 aliphatic heterocycles. The Morgan fingerprint density at radius 2 is 1.58 bits per heavy atom. The normalized spacial score (nSPS) is 10.3. The maximum Gasteiger partial charge on any atom is 0.228 e. The molecule has 7 heteroatoms. The Hall–Kier alpha value is -2.86. The van der Waals surface area contributed by atoms with E-state index in [9.17, 15) is 0 Å². The van der Waals surface area contributed by atoms with E-state index in [4.69, 9.17) is 25.8 Å². The summed E-state index contributed by atoms with van der Waals surface area (Å²) in [6.45, 7) is 0. The molecular formula is C17H14ClN3O3. The van der Waals surface area contributed by atoms with Crippen molar-refractivity contribution in [3.05, 3.63) is 54.1 Å². The molecule has 3 aromatic rings. The smallest absolute Gasteiger partial charge is 0.228 e. The summed E-state index contributed by atoms with van der Waals surface area (Å²) in [5, 5.41) is 0.158. The largest absolute Gasteiger partial charge is 0.496 e. The molecule has 0 spiro atoms. The maximum atomic E-state index is 5.91. The third-order valence-electron chi connectivity index (χ3n) is 3.21. The molecule has 1 aromatic carbocycles. The van der Waals surface area contributed by atoms with Crippen molar-refractivity contribution in [2.45, 2.75) is 0 Å². The molecule has 2 heterocycles. The Balaban J connectivity index is 2.00. The highest BCUT2D eigenvalue weighted by Gasteiger charge is 2.12. The van der Waals surface area contributed by atoms with Crippen LogP contribution in [0.2, 0.25) is 5.28 Å². The van der Waals surface area contributed by atoms with Crippen LogP contribution >= 0.6 is 11.6 Å². The van der Waals surface area contributed by atoms with E-state index < -0.39 is 0 Å². The quantitative estimate of drug-likeness (QED) is 0.652. The van der Waals surface area contributed by atoms with Gasteiger partial charge in [0.2, 0.25) is 11.2 Å². The first kappa shape index (κ1) is 16.0. The Labute approximate surface area is 144 Å². The number of hydrogen-bond donors (Lipinski definition) is 0. The van der Waals surface area contributed by atoms with Crippen LogP contribution in [0.1, 0.15) is 0 Å². The molecule has 122 valence electrons. The first-order valence-corrected chi connectivity index (χ1v) is 7.42. The summed E-state index contributed by atoms with van der Waals surface area (Å²) in [5.41, 5.74) is 1.32. The highest BCUT2D eigenvalue weighted by Crippen LogP contribution is 2.34. The summed E-state index contributed by atoms with van der Waals surface area (Å²) >= 11 is 5.87. The molecule has 6 nitrogen and oxygen atoms in total. The predicted molar refractivity (Wildman–Crippen MR) is 89.9 cm³/mol. The average Bonchev–Trinajstić information content (AvgIpc) is 2.61. The summed E-state index contributed by atoms with van der Waals surface area (Å²) in [6.07, 6.45) is 3.22. The van der Waals surface area contributed by atoms with Gasteiger partial charge in [0.05, 0.1) is 25.5 Å². The molecule has 0 saturated heterocycles. The number of benzene rings is 1. The van der Waals surface area contributed by atoms with Crippen LogP contribution in [0.15, 0.2) is 48.8 Å². The zero-order valence-corrected chi connectivity index (χ0v) is 13.8. The fourth-order valence-electron chi connectivity index (χ4n) is 2.10. The molecule has 0 radical (unpaired) electrons. The van der Waals surface area contributed by atoms with Crippen molar-refractivity contribution in [2.24, 2.45) is 0 Å². The van der Waals surface area contributed by atoms with Gasteiger partial charge in [-0.3, -0.25) is 0 Å². The Morgan fingerprint density at radius 1 is 0.875 bits per heavy atom. The Bertz CT molecular complexity index is 836. The van der Waals surface area contributed by atoms with E-state index in [0.717, 1.165) is 0 Å². The van der Waals surface area contributed by atoms with Crippen LogP contribution in [0.4, 0.5) is 0 Å². The van der Waals surface area contributed by atoms with Crippen molar-refractivity contribution in [3.8, 4) is 34.4 Å². The lowest BCUT2D eigenvalue weighted by Gasteiger charge is -2.12. The standard InChI is InChI=1S/C17H14ClN3O3/c1-22-11-8-12(23-2)10-13(9-11)24-16-14(4-3-6-19-16)15-5-7-20-17(18)21-15/h3-10H,1-2H3. The van der Waals surface area contributed by atoms with E-state index >= 15 is 0 Å². The summed E-state index contributed by atoms with van der Waals surface area (Å²) in [6, 6.07) is 10.6. The van der Waals surface area contributed by atoms with Crippen molar-refractivity contribution in [3.63, 3.8) is 0 Å². The van der Waals surface area contributed by atoms with Crippen LogP contribution in [0.5, 0.6) is 23.1 Å². The number of nitrogens with zero attached hydrogens (tertiary/aromatic N) is 3. The van der Waals surface area contributed by atoms with Crippen LogP contribution in [0, 0.1) is 0 Å². The number of aromatic nitrogens is 3. The molecular weight excluding hydrogens is 330 g/mol. The van der Waals surface area contributed by atoms with E-state index in [0.29, 0.717) is 34.4 Å². The van der Waals surface area contributed by atoms with Crippen molar-refractivity contribution in [1.29, 1.82) is 0 Å². The molecule has 0 N–H and O–H groups in total. The van der Waals surface area contributed by atoms with Gasteiger partial charge in [-0.1, -0.05) is 0 Å². The first-order chi connectivity index (χ1) is 11.7. The molecule has 0 fully saturated rings. The van der Waals surface area contributed by atoms with Gasteiger partial charge in [0, 0.05) is 30.6 Å². The molecule has 0 atom stereocenters. The van der Waals surface area contributed by atoms with Gasteiger partial charge in [-0.15, -0.1) is 0 Å². The summed E-state index contributed by atoms with van der Waals surface area (Å²) in [5.74, 6) is 2.16. The summed E-state index contributed by atoms with van der Waals surface area (Å²) in [4.78, 5) is 12.4. The second-order valence-corrected chi connectivity index (χ2v) is 5.06. The van der Waals surface area contributed by atoms with Gasteiger partial charge < -0.3 is 14.2 Å². The molecule has 0 bridgehead atoms. The second kappa shape index (κ2) is 7.14. The van der Waals surface area contributed by atoms with Gasteiger partial charge in [-0.2, -0.15) is 0 Å². The lowest BCUT2D eigenvalue weighted by atomic mass is 10.2. The van der Waals surface area contributed by atoms with Crippen molar-refractivity contribution < 1.29 is 14.2 Å². The minimum atomic E-state index is 0.158. The van der Waals surface area contributed by atoms with Crippen LogP contribution < -0.4 is 14.2 Å². The minimum Gasteiger partial charge on any atom is -0.496 e. The van der Waals surface area contributed by atoms with Crippen molar-refractivity contribution >= 4 is 11.6 Å². The Morgan fingerprint density at radius 3 is 2.25 bits per heavy atom. The third kappa shape index (κ3) is 3.55. The fraction of sp³-hybridized carbons (Fsp3) is 0.118. The Kier molecular flexibility index (Phi) is 4.77. The zero-order chi connectivity index (χ0) is 16.9. The van der Waals surface area contributed by atoms with Gasteiger partial charge >= 0.3 is 0 Å². The lowest BCUT2D eigenvalue weighted by Crippen LogP contribution is -1.95. The highest BCUT2D eigenvalue weighted by molar-refractivity contribution is 6.28. The van der Waals surface area contributed by atoms with Gasteiger partial charge in [0.15, 0.2) is 0 Å². The minimum absolute atomic E-state index is 0.158. The van der Waals surface area contributed by atoms with Crippen LogP contribution in [0.3, 0.4) is 0 Å². The van der Waals surface area contributed by atoms with Crippen molar-refractivity contribution in [1.82, 2.24) is 15.0 Å². The SMILES string of the molecule is COc1cc(OC)cc(Oc2ncccc2-c2ccnc(Cl)n2)c1. The lowest BCUT2D eigenvalue weighted by molar-refractivity contribution is 0.385. The van der Waals surface area contributed by atoms with E-state index in [1.807, 2.05) is 6.07 Å². The maximum absolute atomic E-state index is 5.91. The topological polar surface area (TPSA) is 66.4 Å². The fourth-order valence-corrected chi connectivity index (χ4v) is 2.25. The number of methoxy groups -OCH3 is 2. The zero-order valence-electron chi connectivity index (χ0n) is 13.1. The van der Waals surface area contributed by atoms with Gasteiger partial charge in [-0.25, -0.2) is 15.0 Å². The van der Waals surface area contributed by atoms with Gasteiger partial charge in [-0.05, 0) is 29.8 Å². The number of ether oxygens (including phenoxy) is 3. The number of rotatable bonds is 5. The van der Waals surface area contributed by atoms with Crippen LogP contribution in [0.25, 0.3) is 11.3 Å². The van der Waals surface area contributed by atoms with E-state index in [-0.39, 0.29) is 5.28 Å². The number of pyridine rings is 1. The third-order valence-corrected chi connectivity index (χ3v) is 3.39. The number of hydrogen-bond acceptors (Lipinski definition) is 6. The average molecular weight is 344 g/mol. The van der Waals surface area contributed by atoms with Gasteiger partial charge in [0.25, 0.3) is 0 Å². The molecule has 24 heavy (non-hydrogen) atoms. The molecule has 0 unspecified atom stereocenters. The van der Waals surface area contributed by atoms with E-state index in [1.54, 1.807) is 56.9 Å². The molecule has 3 rings (SSSR count). The highest BCUT2D eigenvalue weighted by atomic mass is 35.5. The molecule has 0 saturated carbocycles. The van der Waals surface area contributed by atoms with E-state index in [2.05, 4.69) is 15.0 Å².